The minimum atomic E-state index is 0.0629. The van der Waals surface area contributed by atoms with Gasteiger partial charge in [-0.2, -0.15) is 0 Å². The first-order valence-electron chi connectivity index (χ1n) is 5.37. The third kappa shape index (κ3) is 2.49. The number of nitrogens with zero attached hydrogens (tertiary/aromatic N) is 4. The highest BCUT2D eigenvalue weighted by molar-refractivity contribution is 5.95. The van der Waals surface area contributed by atoms with Gasteiger partial charge in [-0.15, -0.1) is 0 Å². The number of anilines is 2. The van der Waals surface area contributed by atoms with Crippen molar-refractivity contribution in [3.63, 3.8) is 0 Å². The van der Waals surface area contributed by atoms with Crippen LogP contribution in [0.25, 0.3) is 10.4 Å². The van der Waals surface area contributed by atoms with Crippen LogP contribution in [0.3, 0.4) is 0 Å². The Bertz CT molecular complexity index is 463. The van der Waals surface area contributed by atoms with E-state index in [4.69, 9.17) is 11.3 Å². The molecule has 1 aromatic rings. The predicted molar refractivity (Wildman–Crippen MR) is 65.3 cm³/mol. The smallest absolute Gasteiger partial charge is 0.227 e. The minimum absolute atomic E-state index is 0.0629. The molecule has 2 rings (SSSR count). The second-order valence-electron chi connectivity index (χ2n) is 4.08. The highest BCUT2D eigenvalue weighted by Gasteiger charge is 2.29. The molecular formula is C11H13N5O. The van der Waals surface area contributed by atoms with Crippen LogP contribution in [0.15, 0.2) is 29.4 Å². The summed E-state index contributed by atoms with van der Waals surface area (Å²) in [5.41, 5.74) is 15.4. The van der Waals surface area contributed by atoms with Crippen LogP contribution >= 0.6 is 0 Å². The Kier molecular flexibility index (Phi) is 3.16. The van der Waals surface area contributed by atoms with Crippen molar-refractivity contribution in [1.29, 1.82) is 0 Å². The number of benzene rings is 1. The molecule has 1 aromatic carbocycles. The van der Waals surface area contributed by atoms with Gasteiger partial charge in [-0.1, -0.05) is 5.11 Å². The molecule has 1 heterocycles. The summed E-state index contributed by atoms with van der Waals surface area (Å²) in [6, 6.07) is 7.18. The molecule has 0 saturated carbocycles. The number of carbonyl (C=O) groups is 1. The molecule has 0 spiro atoms. The van der Waals surface area contributed by atoms with Crippen molar-refractivity contribution in [2.75, 3.05) is 23.7 Å². The molecule has 6 heteroatoms. The van der Waals surface area contributed by atoms with Gasteiger partial charge in [0.2, 0.25) is 5.91 Å². The molecule has 2 N–H and O–H groups in total. The van der Waals surface area contributed by atoms with Crippen molar-refractivity contribution >= 4 is 17.3 Å². The summed E-state index contributed by atoms with van der Waals surface area (Å²) in [6.45, 7) is 0.968. The first-order valence-corrected chi connectivity index (χ1v) is 5.37. The normalized spacial score (nSPS) is 19.2. The number of carbonyl (C=O) groups excluding carboxylic acids is 1. The van der Waals surface area contributed by atoms with Crippen LogP contribution in [-0.2, 0) is 4.79 Å². The van der Waals surface area contributed by atoms with E-state index < -0.39 is 0 Å². The van der Waals surface area contributed by atoms with E-state index in [9.17, 15) is 4.79 Å². The van der Waals surface area contributed by atoms with Gasteiger partial charge in [-0.3, -0.25) is 4.79 Å². The summed E-state index contributed by atoms with van der Waals surface area (Å²) < 4.78 is 0. The Balaban J connectivity index is 2.10. The summed E-state index contributed by atoms with van der Waals surface area (Å²) in [4.78, 5) is 16.2. The van der Waals surface area contributed by atoms with Crippen molar-refractivity contribution < 1.29 is 4.79 Å². The van der Waals surface area contributed by atoms with E-state index in [1.807, 2.05) is 12.1 Å². The molecule has 1 unspecified atom stereocenters. The van der Waals surface area contributed by atoms with Crippen LogP contribution in [0, 0.1) is 5.92 Å². The Hall–Kier alpha value is -2.20. The number of azide groups is 1. The van der Waals surface area contributed by atoms with Gasteiger partial charge in [0.1, 0.15) is 0 Å². The lowest BCUT2D eigenvalue weighted by Crippen LogP contribution is -2.24. The van der Waals surface area contributed by atoms with Gasteiger partial charge in [-0.05, 0) is 35.7 Å². The molecule has 1 aliphatic rings. The lowest BCUT2D eigenvalue weighted by Gasteiger charge is -2.16. The van der Waals surface area contributed by atoms with Crippen LogP contribution in [0.5, 0.6) is 0 Å². The second-order valence-corrected chi connectivity index (χ2v) is 4.08. The van der Waals surface area contributed by atoms with Gasteiger partial charge in [0.15, 0.2) is 0 Å². The predicted octanol–water partition coefficient (Wildman–Crippen LogP) is 1.93. The zero-order valence-electron chi connectivity index (χ0n) is 9.28. The number of nitrogen functional groups attached to an aromatic ring is 1. The van der Waals surface area contributed by atoms with Gasteiger partial charge >= 0.3 is 0 Å². The molecule has 1 atom stereocenters. The summed E-state index contributed by atoms with van der Waals surface area (Å²) in [5, 5.41) is 3.51. The van der Waals surface area contributed by atoms with E-state index in [1.165, 1.54) is 0 Å². The average molecular weight is 231 g/mol. The Morgan fingerprint density at radius 2 is 2.18 bits per heavy atom. The quantitative estimate of drug-likeness (QED) is 0.372. The largest absolute Gasteiger partial charge is 0.399 e. The van der Waals surface area contributed by atoms with Gasteiger partial charge in [0.25, 0.3) is 0 Å². The van der Waals surface area contributed by atoms with Crippen LogP contribution in [0.2, 0.25) is 0 Å². The lowest BCUT2D eigenvalue weighted by molar-refractivity contribution is -0.117. The zero-order chi connectivity index (χ0) is 12.3. The van der Waals surface area contributed by atoms with Crippen molar-refractivity contribution in [1.82, 2.24) is 0 Å². The number of hydrogen-bond acceptors (Lipinski definition) is 3. The molecule has 1 fully saturated rings. The van der Waals surface area contributed by atoms with E-state index in [0.717, 1.165) is 5.69 Å². The Morgan fingerprint density at radius 1 is 1.47 bits per heavy atom. The maximum atomic E-state index is 11.8. The van der Waals surface area contributed by atoms with Crippen molar-refractivity contribution in [3.8, 4) is 0 Å². The van der Waals surface area contributed by atoms with E-state index in [0.29, 0.717) is 25.2 Å². The fraction of sp³-hybridized carbons (Fsp3) is 0.364. The van der Waals surface area contributed by atoms with E-state index in [2.05, 4.69) is 10.0 Å². The summed E-state index contributed by atoms with van der Waals surface area (Å²) in [5.74, 6) is 0.170. The SMILES string of the molecule is [N-]=[N+]=NCC1CC(=O)N(c2ccc(N)cc2)C1. The maximum Gasteiger partial charge on any atom is 0.227 e. The van der Waals surface area contributed by atoms with Gasteiger partial charge in [0.05, 0.1) is 0 Å². The highest BCUT2D eigenvalue weighted by Crippen LogP contribution is 2.25. The molecule has 0 aromatic heterocycles. The van der Waals surface area contributed by atoms with Gasteiger partial charge in [-0.25, -0.2) is 0 Å². The molecule has 0 aliphatic carbocycles. The van der Waals surface area contributed by atoms with Crippen molar-refractivity contribution in [3.05, 3.63) is 34.7 Å². The van der Waals surface area contributed by atoms with Crippen LogP contribution in [0.4, 0.5) is 11.4 Å². The standard InChI is InChI=1S/C11H13N5O/c12-9-1-3-10(4-2-9)16-7-8(5-11(16)17)6-14-15-13/h1-4,8H,5-7,12H2. The Morgan fingerprint density at radius 3 is 2.82 bits per heavy atom. The van der Waals surface area contributed by atoms with E-state index >= 15 is 0 Å². The first kappa shape index (κ1) is 11.3. The fourth-order valence-electron chi connectivity index (χ4n) is 1.96. The van der Waals surface area contributed by atoms with Crippen LogP contribution in [-0.4, -0.2) is 19.0 Å². The summed E-state index contributed by atoms with van der Waals surface area (Å²) >= 11 is 0. The molecular weight excluding hydrogens is 218 g/mol. The second kappa shape index (κ2) is 4.76. The molecule has 1 saturated heterocycles. The first-order chi connectivity index (χ1) is 8.20. The number of nitrogens with two attached hydrogens (primary N) is 1. The van der Waals surface area contributed by atoms with Gasteiger partial charge in [0, 0.05) is 35.8 Å². The molecule has 1 amide bonds. The summed E-state index contributed by atoms with van der Waals surface area (Å²) in [7, 11) is 0. The third-order valence-electron chi connectivity index (χ3n) is 2.81. The number of amides is 1. The minimum Gasteiger partial charge on any atom is -0.399 e. The van der Waals surface area contributed by atoms with E-state index in [1.54, 1.807) is 17.0 Å². The third-order valence-corrected chi connectivity index (χ3v) is 2.81. The van der Waals surface area contributed by atoms with Crippen LogP contribution < -0.4 is 10.6 Å². The monoisotopic (exact) mass is 231 g/mol. The molecule has 88 valence electrons. The molecule has 17 heavy (non-hydrogen) atoms. The highest BCUT2D eigenvalue weighted by atomic mass is 16.2. The van der Waals surface area contributed by atoms with Gasteiger partial charge < -0.3 is 10.6 Å². The topological polar surface area (TPSA) is 95.1 Å². The number of rotatable bonds is 3. The van der Waals surface area contributed by atoms with Crippen molar-refractivity contribution in [2.24, 2.45) is 11.0 Å². The van der Waals surface area contributed by atoms with E-state index in [-0.39, 0.29) is 11.8 Å². The molecule has 0 bridgehead atoms. The molecule has 6 nitrogen and oxygen atoms in total. The molecule has 0 radical (unpaired) electrons. The fourth-order valence-corrected chi connectivity index (χ4v) is 1.96. The lowest BCUT2D eigenvalue weighted by atomic mass is 10.1. The average Bonchev–Trinajstić information content (AvgIpc) is 2.69. The van der Waals surface area contributed by atoms with Crippen molar-refractivity contribution in [2.45, 2.75) is 6.42 Å². The maximum absolute atomic E-state index is 11.8. The van der Waals surface area contributed by atoms with Crippen LogP contribution in [0.1, 0.15) is 6.42 Å². The molecule has 1 aliphatic heterocycles. The zero-order valence-corrected chi connectivity index (χ0v) is 9.28. The number of hydrogen-bond donors (Lipinski definition) is 1. The summed E-state index contributed by atoms with van der Waals surface area (Å²) in [6.07, 6.45) is 0.434. The Labute approximate surface area is 98.6 Å².